The van der Waals surface area contributed by atoms with Crippen LogP contribution in [-0.2, 0) is 6.42 Å². The highest BCUT2D eigenvalue weighted by Crippen LogP contribution is 2.38. The predicted molar refractivity (Wildman–Crippen MR) is 83.1 cm³/mol. The molecule has 0 bridgehead atoms. The van der Waals surface area contributed by atoms with E-state index < -0.39 is 0 Å². The highest BCUT2D eigenvalue weighted by Gasteiger charge is 2.31. The maximum absolute atomic E-state index is 6.25. The van der Waals surface area contributed by atoms with Gasteiger partial charge in [-0.05, 0) is 42.5 Å². The molecule has 1 unspecified atom stereocenters. The van der Waals surface area contributed by atoms with Crippen LogP contribution < -0.4 is 10.5 Å². The highest BCUT2D eigenvalue weighted by atomic mass is 16.5. The zero-order valence-electron chi connectivity index (χ0n) is 12.8. The molecule has 2 aromatic rings. The Bertz CT molecular complexity index is 650. The van der Waals surface area contributed by atoms with E-state index in [-0.39, 0.29) is 11.5 Å². The lowest BCUT2D eigenvalue weighted by molar-refractivity contribution is 0.278. The molecule has 0 amide bonds. The van der Waals surface area contributed by atoms with Gasteiger partial charge in [-0.1, -0.05) is 13.8 Å². The first-order chi connectivity index (χ1) is 9.98. The Hall–Kier alpha value is -1.94. The number of ether oxygens (including phenoxy) is 1. The molecule has 1 aliphatic rings. The molecule has 21 heavy (non-hydrogen) atoms. The normalized spacial score (nSPS) is 19.9. The smallest absolute Gasteiger partial charge is 0.159 e. The average Bonchev–Trinajstić information content (AvgIpc) is 2.45. The van der Waals surface area contributed by atoms with Crippen LogP contribution >= 0.6 is 0 Å². The second-order valence-electron chi connectivity index (χ2n) is 6.48. The molecule has 2 N–H and O–H groups in total. The van der Waals surface area contributed by atoms with Crippen molar-refractivity contribution < 1.29 is 4.74 Å². The summed E-state index contributed by atoms with van der Waals surface area (Å²) in [6, 6.07) is 7.85. The number of hydrogen-bond donors (Lipinski definition) is 1. The summed E-state index contributed by atoms with van der Waals surface area (Å²) in [5, 5.41) is 0. The van der Waals surface area contributed by atoms with Crippen molar-refractivity contribution in [1.82, 2.24) is 9.97 Å². The molecule has 0 fully saturated rings. The Morgan fingerprint density at radius 2 is 1.95 bits per heavy atom. The van der Waals surface area contributed by atoms with Crippen LogP contribution in [0.15, 0.2) is 30.5 Å². The molecule has 4 heteroatoms. The highest BCUT2D eigenvalue weighted by molar-refractivity contribution is 5.56. The van der Waals surface area contributed by atoms with E-state index in [0.29, 0.717) is 0 Å². The van der Waals surface area contributed by atoms with Gasteiger partial charge in [0, 0.05) is 29.1 Å². The molecule has 0 aliphatic heterocycles. The van der Waals surface area contributed by atoms with Gasteiger partial charge >= 0.3 is 0 Å². The molecular formula is C17H21N3O. The largest absolute Gasteiger partial charge is 0.497 e. The quantitative estimate of drug-likeness (QED) is 0.920. The fourth-order valence-electron chi connectivity index (χ4n) is 2.99. The molecule has 1 aliphatic carbocycles. The van der Waals surface area contributed by atoms with Gasteiger partial charge in [-0.3, -0.25) is 0 Å². The fourth-order valence-corrected chi connectivity index (χ4v) is 2.99. The van der Waals surface area contributed by atoms with Crippen LogP contribution in [0.25, 0.3) is 11.4 Å². The third kappa shape index (κ3) is 2.76. The molecule has 0 radical (unpaired) electrons. The summed E-state index contributed by atoms with van der Waals surface area (Å²) < 4.78 is 5.18. The van der Waals surface area contributed by atoms with Gasteiger partial charge in [0.15, 0.2) is 5.82 Å². The number of methoxy groups -OCH3 is 1. The van der Waals surface area contributed by atoms with Crippen molar-refractivity contribution in [3.8, 4) is 17.1 Å². The van der Waals surface area contributed by atoms with Gasteiger partial charge in [0.1, 0.15) is 5.75 Å². The van der Waals surface area contributed by atoms with Gasteiger partial charge in [0.05, 0.1) is 7.11 Å². The summed E-state index contributed by atoms with van der Waals surface area (Å²) >= 11 is 0. The Kier molecular flexibility index (Phi) is 3.41. The standard InChI is InChI=1S/C17H21N3O/c1-17(2)8-14(18)13-10-19-16(20-15(13)9-17)11-4-6-12(21-3)7-5-11/h4-7,10,14H,8-9,18H2,1-3H3. The minimum absolute atomic E-state index is 0.0358. The van der Waals surface area contributed by atoms with Gasteiger partial charge < -0.3 is 10.5 Å². The second-order valence-corrected chi connectivity index (χ2v) is 6.48. The van der Waals surface area contributed by atoms with E-state index in [1.54, 1.807) is 7.11 Å². The third-order valence-electron chi connectivity index (χ3n) is 4.07. The molecule has 0 saturated carbocycles. The lowest BCUT2D eigenvalue weighted by Crippen LogP contribution is -2.30. The number of fused-ring (bicyclic) bond motifs is 1. The lowest BCUT2D eigenvalue weighted by atomic mass is 9.74. The molecule has 110 valence electrons. The number of nitrogens with two attached hydrogens (primary N) is 1. The fraction of sp³-hybridized carbons (Fsp3) is 0.412. The molecular weight excluding hydrogens is 262 g/mol. The SMILES string of the molecule is COc1ccc(-c2ncc3c(n2)CC(C)(C)CC3N)cc1. The van der Waals surface area contributed by atoms with Crippen molar-refractivity contribution in [2.45, 2.75) is 32.7 Å². The van der Waals surface area contributed by atoms with E-state index in [1.165, 1.54) is 0 Å². The van der Waals surface area contributed by atoms with Crippen molar-refractivity contribution in [2.75, 3.05) is 7.11 Å². The molecule has 0 spiro atoms. The molecule has 1 heterocycles. The van der Waals surface area contributed by atoms with Crippen LogP contribution in [0.3, 0.4) is 0 Å². The maximum atomic E-state index is 6.25. The van der Waals surface area contributed by atoms with Gasteiger partial charge in [-0.2, -0.15) is 0 Å². The van der Waals surface area contributed by atoms with E-state index in [0.717, 1.165) is 41.2 Å². The summed E-state index contributed by atoms with van der Waals surface area (Å²) in [5.74, 6) is 1.58. The first kappa shape index (κ1) is 14.0. The minimum Gasteiger partial charge on any atom is -0.497 e. The maximum Gasteiger partial charge on any atom is 0.159 e. The van der Waals surface area contributed by atoms with Crippen molar-refractivity contribution in [2.24, 2.45) is 11.1 Å². The zero-order chi connectivity index (χ0) is 15.0. The monoisotopic (exact) mass is 283 g/mol. The van der Waals surface area contributed by atoms with E-state index in [2.05, 4.69) is 18.8 Å². The van der Waals surface area contributed by atoms with Gasteiger partial charge in [0.2, 0.25) is 0 Å². The summed E-state index contributed by atoms with van der Waals surface area (Å²) in [6.07, 6.45) is 3.81. The van der Waals surface area contributed by atoms with Crippen LogP contribution in [0, 0.1) is 5.41 Å². The van der Waals surface area contributed by atoms with Crippen LogP contribution in [0.5, 0.6) is 5.75 Å². The molecule has 3 rings (SSSR count). The predicted octanol–water partition coefficient (Wildman–Crippen LogP) is 3.12. The average molecular weight is 283 g/mol. The van der Waals surface area contributed by atoms with Crippen LogP contribution in [0.4, 0.5) is 0 Å². The van der Waals surface area contributed by atoms with Crippen molar-refractivity contribution in [3.05, 3.63) is 41.7 Å². The zero-order valence-corrected chi connectivity index (χ0v) is 12.8. The Labute approximate surface area is 125 Å². The number of hydrogen-bond acceptors (Lipinski definition) is 4. The third-order valence-corrected chi connectivity index (χ3v) is 4.07. The number of nitrogens with zero attached hydrogens (tertiary/aromatic N) is 2. The summed E-state index contributed by atoms with van der Waals surface area (Å²) in [6.45, 7) is 4.48. The Morgan fingerprint density at radius 1 is 1.24 bits per heavy atom. The molecule has 1 atom stereocenters. The molecule has 1 aromatic carbocycles. The first-order valence-corrected chi connectivity index (χ1v) is 7.24. The summed E-state index contributed by atoms with van der Waals surface area (Å²) in [5.41, 5.74) is 9.61. The van der Waals surface area contributed by atoms with Crippen LogP contribution in [0.2, 0.25) is 0 Å². The Morgan fingerprint density at radius 3 is 2.62 bits per heavy atom. The number of rotatable bonds is 2. The number of benzene rings is 1. The van der Waals surface area contributed by atoms with Crippen LogP contribution in [-0.4, -0.2) is 17.1 Å². The van der Waals surface area contributed by atoms with E-state index in [1.807, 2.05) is 30.5 Å². The van der Waals surface area contributed by atoms with Crippen LogP contribution in [0.1, 0.15) is 37.6 Å². The topological polar surface area (TPSA) is 61.0 Å². The summed E-state index contributed by atoms with van der Waals surface area (Å²) in [4.78, 5) is 9.24. The van der Waals surface area contributed by atoms with Crippen molar-refractivity contribution in [3.63, 3.8) is 0 Å². The van der Waals surface area contributed by atoms with Gasteiger partial charge in [-0.15, -0.1) is 0 Å². The number of aromatic nitrogens is 2. The minimum atomic E-state index is 0.0358. The molecule has 1 aromatic heterocycles. The second kappa shape index (κ2) is 5.11. The molecule has 4 nitrogen and oxygen atoms in total. The van der Waals surface area contributed by atoms with E-state index in [4.69, 9.17) is 15.5 Å². The van der Waals surface area contributed by atoms with Gasteiger partial charge in [0.25, 0.3) is 0 Å². The summed E-state index contributed by atoms with van der Waals surface area (Å²) in [7, 11) is 1.66. The first-order valence-electron chi connectivity index (χ1n) is 7.24. The lowest BCUT2D eigenvalue weighted by Gasteiger charge is -2.34. The van der Waals surface area contributed by atoms with Crippen molar-refractivity contribution >= 4 is 0 Å². The van der Waals surface area contributed by atoms with Crippen molar-refractivity contribution in [1.29, 1.82) is 0 Å². The van der Waals surface area contributed by atoms with Gasteiger partial charge in [-0.25, -0.2) is 9.97 Å². The van der Waals surface area contributed by atoms with E-state index >= 15 is 0 Å². The van der Waals surface area contributed by atoms with E-state index in [9.17, 15) is 0 Å². The molecule has 0 saturated heterocycles. The Balaban J connectivity index is 1.98.